The minimum absolute atomic E-state index is 0.0561. The van der Waals surface area contributed by atoms with Gasteiger partial charge >= 0.3 is 0 Å². The average molecular weight is 260 g/mol. The molecular weight excluding hydrogens is 232 g/mol. The van der Waals surface area contributed by atoms with Crippen LogP contribution in [0.15, 0.2) is 0 Å². The first kappa shape index (κ1) is 17.4. The highest BCUT2D eigenvalue weighted by molar-refractivity contribution is 5.81. The van der Waals surface area contributed by atoms with Crippen molar-refractivity contribution in [3.63, 3.8) is 0 Å². The lowest BCUT2D eigenvalue weighted by Crippen LogP contribution is -2.46. The summed E-state index contributed by atoms with van der Waals surface area (Å²) in [7, 11) is 1.64. The summed E-state index contributed by atoms with van der Waals surface area (Å²) in [6, 6.07) is 0.0938. The maximum atomic E-state index is 11.8. The third-order valence-electron chi connectivity index (χ3n) is 2.85. The molecule has 0 aromatic heterocycles. The van der Waals surface area contributed by atoms with Gasteiger partial charge in [-0.25, -0.2) is 0 Å². The molecule has 108 valence electrons. The molecule has 5 heteroatoms. The molecule has 0 fully saturated rings. The molecule has 0 spiro atoms. The van der Waals surface area contributed by atoms with Gasteiger partial charge in [-0.15, -0.1) is 0 Å². The summed E-state index contributed by atoms with van der Waals surface area (Å²) in [5, 5.41) is 6.15. The van der Waals surface area contributed by atoms with Crippen molar-refractivity contribution in [2.45, 2.75) is 45.7 Å². The fourth-order valence-corrected chi connectivity index (χ4v) is 1.50. The number of hydrogen-bond donors (Lipinski definition) is 2. The van der Waals surface area contributed by atoms with E-state index in [0.717, 1.165) is 12.8 Å². The van der Waals surface area contributed by atoms with Crippen LogP contribution in [0.5, 0.6) is 0 Å². The first-order chi connectivity index (χ1) is 8.65. The van der Waals surface area contributed by atoms with Crippen molar-refractivity contribution in [2.75, 3.05) is 33.5 Å². The van der Waals surface area contributed by atoms with Gasteiger partial charge in [0.1, 0.15) is 0 Å². The van der Waals surface area contributed by atoms with E-state index in [1.165, 1.54) is 0 Å². The molecule has 1 atom stereocenters. The summed E-state index contributed by atoms with van der Waals surface area (Å²) in [5.74, 6) is 0.0561. The Hall–Kier alpha value is -0.650. The molecular formula is C13H28N2O3. The van der Waals surface area contributed by atoms with Gasteiger partial charge in [-0.1, -0.05) is 13.8 Å². The van der Waals surface area contributed by atoms with Gasteiger partial charge in [-0.05, 0) is 19.8 Å². The summed E-state index contributed by atoms with van der Waals surface area (Å²) >= 11 is 0. The van der Waals surface area contributed by atoms with Crippen LogP contribution in [0.2, 0.25) is 0 Å². The maximum absolute atomic E-state index is 11.8. The lowest BCUT2D eigenvalue weighted by molar-refractivity contribution is -0.123. The molecule has 0 aromatic carbocycles. The number of hydrogen-bond acceptors (Lipinski definition) is 4. The molecule has 1 unspecified atom stereocenters. The largest absolute Gasteiger partial charge is 0.382 e. The quantitative estimate of drug-likeness (QED) is 0.543. The normalized spacial score (nSPS) is 12.7. The summed E-state index contributed by atoms with van der Waals surface area (Å²) in [5.41, 5.74) is 0. The SMILES string of the molecule is CCC(CC)NC(=O)C(C)NCCOCCOC. The highest BCUT2D eigenvalue weighted by Gasteiger charge is 2.14. The van der Waals surface area contributed by atoms with Crippen LogP contribution < -0.4 is 10.6 Å². The Balaban J connectivity index is 3.61. The fourth-order valence-electron chi connectivity index (χ4n) is 1.50. The summed E-state index contributed by atoms with van der Waals surface area (Å²) in [4.78, 5) is 11.8. The molecule has 0 aliphatic heterocycles. The van der Waals surface area contributed by atoms with E-state index < -0.39 is 0 Å². The minimum Gasteiger partial charge on any atom is -0.382 e. The van der Waals surface area contributed by atoms with Gasteiger partial charge in [0.05, 0.1) is 25.9 Å². The lowest BCUT2D eigenvalue weighted by Gasteiger charge is -2.19. The molecule has 2 N–H and O–H groups in total. The Labute approximate surface area is 111 Å². The van der Waals surface area contributed by atoms with Crippen LogP contribution in [0.1, 0.15) is 33.6 Å². The van der Waals surface area contributed by atoms with Gasteiger partial charge in [0.15, 0.2) is 0 Å². The number of rotatable bonds is 11. The number of ether oxygens (including phenoxy) is 2. The van der Waals surface area contributed by atoms with Crippen LogP contribution in [-0.4, -0.2) is 51.5 Å². The molecule has 0 rings (SSSR count). The van der Waals surface area contributed by atoms with Crippen molar-refractivity contribution in [2.24, 2.45) is 0 Å². The predicted molar refractivity (Wildman–Crippen MR) is 72.7 cm³/mol. The van der Waals surface area contributed by atoms with Gasteiger partial charge in [-0.3, -0.25) is 4.79 Å². The average Bonchev–Trinajstić information content (AvgIpc) is 2.39. The number of nitrogens with one attached hydrogen (secondary N) is 2. The number of carbonyl (C=O) groups is 1. The van der Waals surface area contributed by atoms with Crippen LogP contribution in [0.4, 0.5) is 0 Å². The van der Waals surface area contributed by atoms with Gasteiger partial charge in [0, 0.05) is 19.7 Å². The van der Waals surface area contributed by atoms with Crippen molar-refractivity contribution < 1.29 is 14.3 Å². The van der Waals surface area contributed by atoms with E-state index in [9.17, 15) is 4.79 Å². The monoisotopic (exact) mass is 260 g/mol. The molecule has 0 aromatic rings. The zero-order valence-corrected chi connectivity index (χ0v) is 12.1. The summed E-state index contributed by atoms with van der Waals surface area (Å²) < 4.78 is 10.2. The molecule has 0 saturated carbocycles. The number of methoxy groups -OCH3 is 1. The van der Waals surface area contributed by atoms with E-state index in [0.29, 0.717) is 26.4 Å². The topological polar surface area (TPSA) is 59.6 Å². The maximum Gasteiger partial charge on any atom is 0.237 e. The van der Waals surface area contributed by atoms with Crippen molar-refractivity contribution in [1.82, 2.24) is 10.6 Å². The highest BCUT2D eigenvalue weighted by Crippen LogP contribution is 1.96. The van der Waals surface area contributed by atoms with Crippen LogP contribution >= 0.6 is 0 Å². The molecule has 0 radical (unpaired) electrons. The van der Waals surface area contributed by atoms with E-state index in [4.69, 9.17) is 9.47 Å². The first-order valence-corrected chi connectivity index (χ1v) is 6.76. The number of amides is 1. The predicted octanol–water partition coefficient (Wildman–Crippen LogP) is 0.932. The van der Waals surface area contributed by atoms with Crippen LogP contribution in [0.25, 0.3) is 0 Å². The Morgan fingerprint density at radius 2 is 1.83 bits per heavy atom. The molecule has 0 heterocycles. The van der Waals surface area contributed by atoms with Crippen molar-refractivity contribution in [3.8, 4) is 0 Å². The summed E-state index contributed by atoms with van der Waals surface area (Å²) in [6.45, 7) is 8.48. The van der Waals surface area contributed by atoms with E-state index in [1.807, 2.05) is 6.92 Å². The fraction of sp³-hybridized carbons (Fsp3) is 0.923. The van der Waals surface area contributed by atoms with Gasteiger partial charge < -0.3 is 20.1 Å². The Morgan fingerprint density at radius 1 is 1.17 bits per heavy atom. The minimum atomic E-state index is -0.184. The summed E-state index contributed by atoms with van der Waals surface area (Å²) in [6.07, 6.45) is 1.93. The van der Waals surface area contributed by atoms with Crippen LogP contribution in [0.3, 0.4) is 0 Å². The third kappa shape index (κ3) is 8.44. The van der Waals surface area contributed by atoms with E-state index in [2.05, 4.69) is 24.5 Å². The van der Waals surface area contributed by atoms with Gasteiger partial charge in [0.2, 0.25) is 5.91 Å². The molecule has 0 saturated heterocycles. The molecule has 5 nitrogen and oxygen atoms in total. The standard InChI is InChI=1S/C13H28N2O3/c1-5-12(6-2)15-13(16)11(3)14-7-8-18-10-9-17-4/h11-12,14H,5-10H2,1-4H3,(H,15,16). The van der Waals surface area contributed by atoms with E-state index in [-0.39, 0.29) is 18.0 Å². The highest BCUT2D eigenvalue weighted by atomic mass is 16.5. The van der Waals surface area contributed by atoms with Crippen LogP contribution in [0, 0.1) is 0 Å². The smallest absolute Gasteiger partial charge is 0.237 e. The zero-order chi connectivity index (χ0) is 13.8. The number of carbonyl (C=O) groups excluding carboxylic acids is 1. The van der Waals surface area contributed by atoms with Crippen molar-refractivity contribution in [3.05, 3.63) is 0 Å². The molecule has 18 heavy (non-hydrogen) atoms. The third-order valence-corrected chi connectivity index (χ3v) is 2.85. The van der Waals surface area contributed by atoms with Crippen LogP contribution in [-0.2, 0) is 14.3 Å². The van der Waals surface area contributed by atoms with Gasteiger partial charge in [0.25, 0.3) is 0 Å². The van der Waals surface area contributed by atoms with Crippen molar-refractivity contribution >= 4 is 5.91 Å². The van der Waals surface area contributed by atoms with Gasteiger partial charge in [-0.2, -0.15) is 0 Å². The molecule has 0 aliphatic carbocycles. The van der Waals surface area contributed by atoms with Crippen molar-refractivity contribution in [1.29, 1.82) is 0 Å². The molecule has 0 bridgehead atoms. The Morgan fingerprint density at radius 3 is 2.39 bits per heavy atom. The zero-order valence-electron chi connectivity index (χ0n) is 12.1. The molecule has 1 amide bonds. The molecule has 0 aliphatic rings. The second-order valence-electron chi connectivity index (χ2n) is 4.30. The second kappa shape index (κ2) is 11.4. The second-order valence-corrected chi connectivity index (χ2v) is 4.30. The first-order valence-electron chi connectivity index (χ1n) is 6.76. The van der Waals surface area contributed by atoms with E-state index >= 15 is 0 Å². The Bertz CT molecular complexity index is 208. The Kier molecular flexibility index (Phi) is 11.0. The lowest BCUT2D eigenvalue weighted by atomic mass is 10.1. The van der Waals surface area contributed by atoms with E-state index in [1.54, 1.807) is 7.11 Å².